The number of nitrogens with zero attached hydrogens (tertiary/aromatic N) is 1. The quantitative estimate of drug-likeness (QED) is 0.682. The fraction of sp³-hybridized carbons (Fsp3) is 0.0625. The van der Waals surface area contributed by atoms with Gasteiger partial charge in [0.15, 0.2) is 5.13 Å². The van der Waals surface area contributed by atoms with Crippen LogP contribution in [0.3, 0.4) is 0 Å². The van der Waals surface area contributed by atoms with Gasteiger partial charge >= 0.3 is 6.18 Å². The lowest BCUT2D eigenvalue weighted by Gasteiger charge is -2.08. The molecule has 0 saturated heterocycles. The van der Waals surface area contributed by atoms with E-state index in [1.807, 2.05) is 30.3 Å². The van der Waals surface area contributed by atoms with Gasteiger partial charge in [0.05, 0.1) is 10.4 Å². The number of hydrogen-bond acceptors (Lipinski definition) is 3. The van der Waals surface area contributed by atoms with Crippen molar-refractivity contribution in [3.8, 4) is 10.4 Å². The van der Waals surface area contributed by atoms with E-state index >= 15 is 0 Å². The maximum absolute atomic E-state index is 12.7. The van der Waals surface area contributed by atoms with Gasteiger partial charge in [0.25, 0.3) is 0 Å². The highest BCUT2D eigenvalue weighted by Crippen LogP contribution is 2.33. The normalized spacial score (nSPS) is 11.4. The topological polar surface area (TPSA) is 24.9 Å². The maximum atomic E-state index is 12.7. The Morgan fingerprint density at radius 1 is 0.955 bits per heavy atom. The van der Waals surface area contributed by atoms with Crippen molar-refractivity contribution in [2.75, 3.05) is 5.32 Å². The van der Waals surface area contributed by atoms with E-state index in [0.717, 1.165) is 22.6 Å². The van der Waals surface area contributed by atoms with Gasteiger partial charge in [-0.15, -0.1) is 0 Å². The van der Waals surface area contributed by atoms with Crippen LogP contribution in [0, 0.1) is 0 Å². The molecule has 3 rings (SSSR count). The van der Waals surface area contributed by atoms with Crippen LogP contribution in [0.1, 0.15) is 5.56 Å². The molecule has 6 heteroatoms. The second-order valence-corrected chi connectivity index (χ2v) is 5.63. The lowest BCUT2D eigenvalue weighted by atomic mass is 10.2. The highest BCUT2D eigenvalue weighted by atomic mass is 32.1. The minimum Gasteiger partial charge on any atom is -0.332 e. The second kappa shape index (κ2) is 5.81. The van der Waals surface area contributed by atoms with E-state index in [0.29, 0.717) is 10.8 Å². The Kier molecular flexibility index (Phi) is 3.85. The number of thiazole rings is 1. The second-order valence-electron chi connectivity index (χ2n) is 4.60. The van der Waals surface area contributed by atoms with Gasteiger partial charge in [-0.3, -0.25) is 0 Å². The van der Waals surface area contributed by atoms with Gasteiger partial charge in [-0.2, -0.15) is 13.2 Å². The number of halogens is 3. The summed E-state index contributed by atoms with van der Waals surface area (Å²) in [7, 11) is 0. The number of nitrogens with one attached hydrogen (secondary N) is 1. The zero-order valence-corrected chi connectivity index (χ0v) is 12.1. The van der Waals surface area contributed by atoms with E-state index in [-0.39, 0.29) is 0 Å². The molecule has 0 aliphatic heterocycles. The first-order chi connectivity index (χ1) is 10.5. The Bertz CT molecular complexity index is 766. The Balaban J connectivity index is 1.81. The molecule has 0 amide bonds. The van der Waals surface area contributed by atoms with Crippen LogP contribution in [0.15, 0.2) is 60.8 Å². The van der Waals surface area contributed by atoms with Crippen LogP contribution < -0.4 is 5.32 Å². The SMILES string of the molecule is FC(F)(F)c1cccc(Nc2ncc(-c3ccccc3)s2)c1. The first-order valence-electron chi connectivity index (χ1n) is 6.48. The van der Waals surface area contributed by atoms with E-state index in [4.69, 9.17) is 0 Å². The number of rotatable bonds is 3. The largest absolute Gasteiger partial charge is 0.416 e. The lowest BCUT2D eigenvalue weighted by Crippen LogP contribution is -2.05. The number of hydrogen-bond donors (Lipinski definition) is 1. The van der Waals surface area contributed by atoms with E-state index in [9.17, 15) is 13.2 Å². The van der Waals surface area contributed by atoms with Gasteiger partial charge in [0.1, 0.15) is 0 Å². The molecule has 1 aromatic heterocycles. The van der Waals surface area contributed by atoms with Crippen molar-refractivity contribution in [3.05, 3.63) is 66.4 Å². The molecule has 0 fully saturated rings. The summed E-state index contributed by atoms with van der Waals surface area (Å²) in [6.07, 6.45) is -2.65. The average Bonchev–Trinajstić information content (AvgIpc) is 2.96. The highest BCUT2D eigenvalue weighted by molar-refractivity contribution is 7.18. The fourth-order valence-corrected chi connectivity index (χ4v) is 2.81. The van der Waals surface area contributed by atoms with E-state index in [1.165, 1.54) is 17.4 Å². The van der Waals surface area contributed by atoms with E-state index < -0.39 is 11.7 Å². The minimum absolute atomic E-state index is 0.365. The average molecular weight is 320 g/mol. The third-order valence-corrected chi connectivity index (χ3v) is 3.97. The number of aromatic nitrogens is 1. The number of alkyl halides is 3. The van der Waals surface area contributed by atoms with Gasteiger partial charge in [0, 0.05) is 11.9 Å². The van der Waals surface area contributed by atoms with Gasteiger partial charge in [-0.05, 0) is 23.8 Å². The Hall–Kier alpha value is -2.34. The van der Waals surface area contributed by atoms with Crippen LogP contribution in [-0.4, -0.2) is 4.98 Å². The van der Waals surface area contributed by atoms with Crippen LogP contribution in [-0.2, 0) is 6.18 Å². The van der Waals surface area contributed by atoms with Crippen LogP contribution in [0.5, 0.6) is 0 Å². The molecule has 22 heavy (non-hydrogen) atoms. The molecule has 0 bridgehead atoms. The Morgan fingerprint density at radius 3 is 2.45 bits per heavy atom. The van der Waals surface area contributed by atoms with Crippen molar-refractivity contribution in [3.63, 3.8) is 0 Å². The highest BCUT2D eigenvalue weighted by Gasteiger charge is 2.30. The fourth-order valence-electron chi connectivity index (χ4n) is 1.96. The third kappa shape index (κ3) is 3.28. The predicted molar refractivity (Wildman–Crippen MR) is 82.3 cm³/mol. The molecule has 1 heterocycles. The molecular weight excluding hydrogens is 309 g/mol. The van der Waals surface area contributed by atoms with Crippen LogP contribution >= 0.6 is 11.3 Å². The summed E-state index contributed by atoms with van der Waals surface area (Å²) in [6, 6.07) is 14.8. The van der Waals surface area contributed by atoms with E-state index in [2.05, 4.69) is 10.3 Å². The summed E-state index contributed by atoms with van der Waals surface area (Å²) in [5.74, 6) is 0. The molecule has 112 valence electrons. The summed E-state index contributed by atoms with van der Waals surface area (Å²) in [5, 5.41) is 3.47. The standard InChI is InChI=1S/C16H11F3N2S/c17-16(18,19)12-7-4-8-13(9-12)21-15-20-10-14(22-15)11-5-2-1-3-6-11/h1-10H,(H,20,21). The zero-order valence-electron chi connectivity index (χ0n) is 11.3. The summed E-state index contributed by atoms with van der Waals surface area (Å²) in [4.78, 5) is 5.16. The Morgan fingerprint density at radius 2 is 1.73 bits per heavy atom. The molecule has 3 aromatic rings. The van der Waals surface area contributed by atoms with Crippen molar-refractivity contribution in [2.45, 2.75) is 6.18 Å². The zero-order chi connectivity index (χ0) is 15.6. The summed E-state index contributed by atoms with van der Waals surface area (Å²) >= 11 is 1.39. The summed E-state index contributed by atoms with van der Waals surface area (Å²) in [6.45, 7) is 0. The maximum Gasteiger partial charge on any atom is 0.416 e. The molecule has 0 saturated carbocycles. The molecule has 2 aromatic carbocycles. The van der Waals surface area contributed by atoms with Crippen molar-refractivity contribution in [1.82, 2.24) is 4.98 Å². The van der Waals surface area contributed by atoms with Crippen molar-refractivity contribution in [2.24, 2.45) is 0 Å². The first-order valence-corrected chi connectivity index (χ1v) is 7.29. The third-order valence-electron chi connectivity index (χ3n) is 3.01. The smallest absolute Gasteiger partial charge is 0.332 e. The molecule has 0 radical (unpaired) electrons. The molecule has 0 aliphatic rings. The molecule has 1 N–H and O–H groups in total. The minimum atomic E-state index is -4.35. The van der Waals surface area contributed by atoms with Crippen molar-refractivity contribution in [1.29, 1.82) is 0 Å². The summed E-state index contributed by atoms with van der Waals surface area (Å²) < 4.78 is 38.1. The number of benzene rings is 2. The van der Waals surface area contributed by atoms with Crippen LogP contribution in [0.2, 0.25) is 0 Å². The molecule has 0 spiro atoms. The van der Waals surface area contributed by atoms with Crippen molar-refractivity contribution >= 4 is 22.2 Å². The number of anilines is 2. The Labute approximate surface area is 129 Å². The van der Waals surface area contributed by atoms with Gasteiger partial charge < -0.3 is 5.32 Å². The molecule has 2 nitrogen and oxygen atoms in total. The predicted octanol–water partition coefficient (Wildman–Crippen LogP) is 5.57. The summed E-state index contributed by atoms with van der Waals surface area (Å²) in [5.41, 5.74) is 0.707. The van der Waals surface area contributed by atoms with Gasteiger partial charge in [0.2, 0.25) is 0 Å². The first kappa shape index (κ1) is 14.6. The van der Waals surface area contributed by atoms with Gasteiger partial charge in [-0.25, -0.2) is 4.98 Å². The van der Waals surface area contributed by atoms with Gasteiger partial charge in [-0.1, -0.05) is 47.7 Å². The monoisotopic (exact) mass is 320 g/mol. The van der Waals surface area contributed by atoms with Crippen molar-refractivity contribution < 1.29 is 13.2 Å². The van der Waals surface area contributed by atoms with Crippen LogP contribution in [0.25, 0.3) is 10.4 Å². The van der Waals surface area contributed by atoms with Crippen LogP contribution in [0.4, 0.5) is 24.0 Å². The molecule has 0 aliphatic carbocycles. The molecular formula is C16H11F3N2S. The lowest BCUT2D eigenvalue weighted by molar-refractivity contribution is -0.137. The molecule has 0 unspecified atom stereocenters. The van der Waals surface area contributed by atoms with E-state index in [1.54, 1.807) is 12.3 Å². The molecule has 0 atom stereocenters.